The molecule has 2 atom stereocenters. The highest BCUT2D eigenvalue weighted by molar-refractivity contribution is 5.67. The van der Waals surface area contributed by atoms with Crippen molar-refractivity contribution in [2.45, 2.75) is 45.1 Å². The van der Waals surface area contributed by atoms with Crippen LogP contribution in [-0.4, -0.2) is 25.3 Å². The second-order valence-corrected chi connectivity index (χ2v) is 7.40. The summed E-state index contributed by atoms with van der Waals surface area (Å²) >= 11 is 0. The molecular weight excluding hydrogens is 380 g/mol. The summed E-state index contributed by atoms with van der Waals surface area (Å²) < 4.78 is 10.5. The summed E-state index contributed by atoms with van der Waals surface area (Å²) in [6.07, 6.45) is 0.200. The smallest absolute Gasteiger partial charge is 0.303 e. The number of nitrogens with zero attached hydrogens (tertiary/aromatic N) is 1. The first-order valence-corrected chi connectivity index (χ1v) is 9.87. The number of methoxy groups -OCH3 is 2. The van der Waals surface area contributed by atoms with E-state index in [9.17, 15) is 10.1 Å². The Bertz CT molecular complexity index is 844. The van der Waals surface area contributed by atoms with Crippen LogP contribution in [0.15, 0.2) is 48.5 Å². The number of hydrogen-bond donors (Lipinski definition) is 2. The molecule has 0 amide bonds. The molecule has 30 heavy (non-hydrogen) atoms. The summed E-state index contributed by atoms with van der Waals surface area (Å²) in [5.41, 5.74) is 6.69. The van der Waals surface area contributed by atoms with Crippen LogP contribution in [0.25, 0.3) is 0 Å². The third-order valence-corrected chi connectivity index (χ3v) is 5.14. The molecule has 0 saturated carbocycles. The number of aliphatic carboxylic acids is 1. The zero-order valence-corrected chi connectivity index (χ0v) is 18.4. The van der Waals surface area contributed by atoms with E-state index < -0.39 is 11.4 Å². The molecule has 2 aromatic rings. The van der Waals surface area contributed by atoms with Crippen molar-refractivity contribution in [3.63, 3.8) is 0 Å². The molecule has 0 saturated heterocycles. The molecule has 0 aliphatic heterocycles. The van der Waals surface area contributed by atoms with Crippen molar-refractivity contribution in [1.82, 2.24) is 0 Å². The largest absolute Gasteiger partial charge is 0.493 e. The van der Waals surface area contributed by atoms with Crippen LogP contribution in [0.4, 0.5) is 0 Å². The van der Waals surface area contributed by atoms with Crippen LogP contribution in [0.5, 0.6) is 11.5 Å². The number of benzene rings is 2. The van der Waals surface area contributed by atoms with Gasteiger partial charge in [-0.15, -0.1) is 0 Å². The molecular formula is C24H32N2O4. The third-order valence-electron chi connectivity index (χ3n) is 5.14. The highest BCUT2D eigenvalue weighted by Gasteiger charge is 2.37. The lowest BCUT2D eigenvalue weighted by Gasteiger charge is -2.31. The maximum atomic E-state index is 10.9. The fourth-order valence-corrected chi connectivity index (χ4v) is 3.19. The minimum Gasteiger partial charge on any atom is -0.493 e. The zero-order valence-electron chi connectivity index (χ0n) is 18.4. The quantitative estimate of drug-likeness (QED) is 0.651. The van der Waals surface area contributed by atoms with Crippen LogP contribution in [0.2, 0.25) is 0 Å². The van der Waals surface area contributed by atoms with E-state index in [0.717, 1.165) is 5.56 Å². The predicted molar refractivity (Wildman–Crippen MR) is 118 cm³/mol. The highest BCUT2D eigenvalue weighted by atomic mass is 16.5. The molecule has 2 rings (SSSR count). The molecule has 6 heteroatoms. The van der Waals surface area contributed by atoms with Crippen LogP contribution in [0, 0.1) is 17.2 Å². The van der Waals surface area contributed by atoms with Gasteiger partial charge in [0.05, 0.1) is 25.7 Å². The molecule has 0 spiro atoms. The van der Waals surface area contributed by atoms with Gasteiger partial charge in [-0.05, 0) is 42.5 Å². The lowest BCUT2D eigenvalue weighted by Crippen LogP contribution is -2.31. The number of hydrogen-bond acceptors (Lipinski definition) is 5. The van der Waals surface area contributed by atoms with Gasteiger partial charge in [0.15, 0.2) is 11.5 Å². The molecule has 0 aliphatic carbocycles. The molecule has 0 aliphatic rings. The minimum atomic E-state index is -0.907. The van der Waals surface area contributed by atoms with E-state index in [1.165, 1.54) is 12.7 Å². The minimum absolute atomic E-state index is 0.0278. The average molecular weight is 413 g/mol. The van der Waals surface area contributed by atoms with Gasteiger partial charge in [0.1, 0.15) is 0 Å². The van der Waals surface area contributed by atoms with Crippen LogP contribution in [0.1, 0.15) is 50.8 Å². The van der Waals surface area contributed by atoms with Crippen molar-refractivity contribution in [2.24, 2.45) is 11.7 Å². The van der Waals surface area contributed by atoms with E-state index in [1.807, 2.05) is 51.1 Å². The molecule has 0 unspecified atom stereocenters. The standard InChI is InChI=1S/C16H21NO4.C8H11N/c1-11(2)16(10-17,8-7-15(18)19)12-5-6-13(20-3)14(9-12)21-4;1-7(9)8-5-3-2-4-6-8/h5-6,9,11H,7-8H2,1-4H3,(H,18,19);2-7H,9H2,1H3/t16-;7-/m00/s1. The summed E-state index contributed by atoms with van der Waals surface area (Å²) in [5.74, 6) is 0.177. The topological polar surface area (TPSA) is 106 Å². The van der Waals surface area contributed by atoms with Crippen LogP contribution in [0.3, 0.4) is 0 Å². The Hall–Kier alpha value is -3.04. The molecule has 6 nitrogen and oxygen atoms in total. The molecule has 162 valence electrons. The van der Waals surface area contributed by atoms with Gasteiger partial charge in [-0.1, -0.05) is 50.2 Å². The maximum absolute atomic E-state index is 10.9. The fourth-order valence-electron chi connectivity index (χ4n) is 3.19. The van der Waals surface area contributed by atoms with E-state index in [0.29, 0.717) is 11.5 Å². The number of carboxylic acid groups (broad SMARTS) is 1. The summed E-state index contributed by atoms with van der Waals surface area (Å²) in [7, 11) is 3.07. The Balaban J connectivity index is 0.000000414. The van der Waals surface area contributed by atoms with Gasteiger partial charge in [-0.3, -0.25) is 4.79 Å². The Labute approximate surface area is 179 Å². The summed E-state index contributed by atoms with van der Waals surface area (Å²) in [4.78, 5) is 10.9. The van der Waals surface area contributed by atoms with Crippen LogP contribution in [-0.2, 0) is 10.2 Å². The van der Waals surface area contributed by atoms with Crippen LogP contribution < -0.4 is 15.2 Å². The number of rotatable bonds is 8. The van der Waals surface area contributed by atoms with E-state index in [2.05, 4.69) is 6.07 Å². The van der Waals surface area contributed by atoms with E-state index in [1.54, 1.807) is 25.3 Å². The van der Waals surface area contributed by atoms with Gasteiger partial charge < -0.3 is 20.3 Å². The highest BCUT2D eigenvalue weighted by Crippen LogP contribution is 2.40. The van der Waals surface area contributed by atoms with Crippen molar-refractivity contribution in [2.75, 3.05) is 14.2 Å². The lowest BCUT2D eigenvalue weighted by atomic mass is 9.70. The van der Waals surface area contributed by atoms with Gasteiger partial charge in [0.25, 0.3) is 0 Å². The fraction of sp³-hybridized carbons (Fsp3) is 0.417. The first kappa shape index (κ1) is 25.0. The Kier molecular flexibility index (Phi) is 9.87. The molecule has 0 radical (unpaired) electrons. The monoisotopic (exact) mass is 412 g/mol. The van der Waals surface area contributed by atoms with Crippen LogP contribution >= 0.6 is 0 Å². The van der Waals surface area contributed by atoms with E-state index in [-0.39, 0.29) is 24.8 Å². The average Bonchev–Trinajstić information content (AvgIpc) is 2.75. The van der Waals surface area contributed by atoms with Crippen molar-refractivity contribution < 1.29 is 19.4 Å². The zero-order chi connectivity index (χ0) is 22.7. The Morgan fingerprint density at radius 2 is 1.70 bits per heavy atom. The Morgan fingerprint density at radius 1 is 1.10 bits per heavy atom. The second-order valence-electron chi connectivity index (χ2n) is 7.40. The normalized spacial score (nSPS) is 13.3. The molecule has 0 fully saturated rings. The first-order valence-electron chi connectivity index (χ1n) is 9.87. The van der Waals surface area contributed by atoms with Gasteiger partial charge in [0.2, 0.25) is 0 Å². The van der Waals surface area contributed by atoms with Crippen molar-refractivity contribution >= 4 is 5.97 Å². The number of ether oxygens (including phenoxy) is 2. The molecule has 0 heterocycles. The van der Waals surface area contributed by atoms with Gasteiger partial charge >= 0.3 is 5.97 Å². The molecule has 2 aromatic carbocycles. The summed E-state index contributed by atoms with van der Waals surface area (Å²) in [5, 5.41) is 18.6. The Morgan fingerprint density at radius 3 is 2.10 bits per heavy atom. The van der Waals surface area contributed by atoms with Crippen molar-refractivity contribution in [3.05, 3.63) is 59.7 Å². The summed E-state index contributed by atoms with van der Waals surface area (Å²) in [6.45, 7) is 5.82. The molecule has 0 aromatic heterocycles. The van der Waals surface area contributed by atoms with Gasteiger partial charge in [-0.2, -0.15) is 5.26 Å². The number of carbonyl (C=O) groups is 1. The first-order chi connectivity index (χ1) is 14.2. The third kappa shape index (κ3) is 6.50. The maximum Gasteiger partial charge on any atom is 0.303 e. The van der Waals surface area contributed by atoms with Gasteiger partial charge in [0, 0.05) is 12.5 Å². The lowest BCUT2D eigenvalue weighted by molar-refractivity contribution is -0.137. The van der Waals surface area contributed by atoms with E-state index in [4.69, 9.17) is 20.3 Å². The number of nitriles is 1. The van der Waals surface area contributed by atoms with Crippen molar-refractivity contribution in [3.8, 4) is 17.6 Å². The molecule has 3 N–H and O–H groups in total. The SMILES string of the molecule is COc1ccc([C@](C#N)(CCC(=O)O)C(C)C)cc1OC.C[C@H](N)c1ccccc1. The number of nitrogens with two attached hydrogens (primary N) is 1. The van der Waals surface area contributed by atoms with E-state index >= 15 is 0 Å². The second kappa shape index (κ2) is 11.8. The number of carboxylic acids is 1. The predicted octanol–water partition coefficient (Wildman–Crippen LogP) is 4.69. The van der Waals surface area contributed by atoms with Crippen molar-refractivity contribution in [1.29, 1.82) is 5.26 Å². The van der Waals surface area contributed by atoms with Gasteiger partial charge in [-0.25, -0.2) is 0 Å². The summed E-state index contributed by atoms with van der Waals surface area (Å²) in [6, 6.07) is 17.8. The molecule has 0 bridgehead atoms.